The summed E-state index contributed by atoms with van der Waals surface area (Å²) in [5, 5.41) is 6.21. The van der Waals surface area contributed by atoms with E-state index >= 15 is 0 Å². The van der Waals surface area contributed by atoms with Gasteiger partial charge in [0.15, 0.2) is 0 Å². The van der Waals surface area contributed by atoms with Crippen LogP contribution >= 0.6 is 0 Å². The van der Waals surface area contributed by atoms with Crippen LogP contribution in [-0.2, 0) is 10.0 Å². The van der Waals surface area contributed by atoms with Gasteiger partial charge in [0.25, 0.3) is 0 Å². The minimum Gasteiger partial charge on any atom is -0.329 e. The number of nitrogens with one attached hydrogen (secondary N) is 1. The molecule has 0 aromatic carbocycles. The SMILES string of the molecule is CC(CN)N1CCN(S(=O)(=O)c2cn[nH]c2)CC1. The van der Waals surface area contributed by atoms with Gasteiger partial charge < -0.3 is 5.73 Å². The highest BCUT2D eigenvalue weighted by Gasteiger charge is 2.30. The Hall–Kier alpha value is -0.960. The van der Waals surface area contributed by atoms with E-state index in [0.717, 1.165) is 13.1 Å². The molecule has 1 aromatic rings. The van der Waals surface area contributed by atoms with E-state index in [1.807, 2.05) is 0 Å². The molecule has 1 saturated heterocycles. The molecule has 7 nitrogen and oxygen atoms in total. The van der Waals surface area contributed by atoms with E-state index in [-0.39, 0.29) is 4.90 Å². The van der Waals surface area contributed by atoms with Crippen LogP contribution in [0, 0.1) is 0 Å². The molecule has 3 N–H and O–H groups in total. The van der Waals surface area contributed by atoms with Gasteiger partial charge in [0.1, 0.15) is 4.90 Å². The maximum absolute atomic E-state index is 12.2. The summed E-state index contributed by atoms with van der Waals surface area (Å²) in [6, 6.07) is 0.295. The molecule has 0 radical (unpaired) electrons. The molecular formula is C10H19N5O2S. The van der Waals surface area contributed by atoms with Crippen molar-refractivity contribution in [3.05, 3.63) is 12.4 Å². The third-order valence-corrected chi connectivity index (χ3v) is 5.21. The Bertz CT molecular complexity index is 464. The van der Waals surface area contributed by atoms with Crippen LogP contribution in [0.15, 0.2) is 17.3 Å². The molecule has 0 saturated carbocycles. The molecule has 1 aromatic heterocycles. The second-order valence-corrected chi connectivity index (χ2v) is 6.40. The third-order valence-electron chi connectivity index (χ3n) is 3.35. The number of hydrogen-bond acceptors (Lipinski definition) is 5. The molecule has 0 spiro atoms. The van der Waals surface area contributed by atoms with Crippen LogP contribution < -0.4 is 5.73 Å². The molecule has 102 valence electrons. The van der Waals surface area contributed by atoms with Gasteiger partial charge in [-0.15, -0.1) is 0 Å². The van der Waals surface area contributed by atoms with Crippen LogP contribution in [0.4, 0.5) is 0 Å². The molecule has 0 aliphatic carbocycles. The van der Waals surface area contributed by atoms with Gasteiger partial charge in [-0.3, -0.25) is 10.00 Å². The number of piperazine rings is 1. The molecule has 1 unspecified atom stereocenters. The summed E-state index contributed by atoms with van der Waals surface area (Å²) in [5.74, 6) is 0. The minimum atomic E-state index is -3.39. The van der Waals surface area contributed by atoms with Gasteiger partial charge in [-0.05, 0) is 6.92 Å². The Morgan fingerprint density at radius 3 is 2.61 bits per heavy atom. The maximum atomic E-state index is 12.2. The highest BCUT2D eigenvalue weighted by atomic mass is 32.2. The lowest BCUT2D eigenvalue weighted by Crippen LogP contribution is -2.52. The van der Waals surface area contributed by atoms with Crippen molar-refractivity contribution in [2.45, 2.75) is 17.9 Å². The van der Waals surface area contributed by atoms with E-state index in [4.69, 9.17) is 5.73 Å². The standard InChI is InChI=1S/C10H19N5O2S/c1-9(6-11)14-2-4-15(5-3-14)18(16,17)10-7-12-13-8-10/h7-9H,2-6,11H2,1H3,(H,12,13). The maximum Gasteiger partial charge on any atom is 0.246 e. The van der Waals surface area contributed by atoms with E-state index in [1.165, 1.54) is 16.7 Å². The summed E-state index contributed by atoms with van der Waals surface area (Å²) in [4.78, 5) is 2.43. The highest BCUT2D eigenvalue weighted by molar-refractivity contribution is 7.89. The predicted octanol–water partition coefficient (Wildman–Crippen LogP) is -0.937. The van der Waals surface area contributed by atoms with Crippen LogP contribution in [0.3, 0.4) is 0 Å². The molecule has 18 heavy (non-hydrogen) atoms. The number of H-pyrrole nitrogens is 1. The first-order chi connectivity index (χ1) is 8.55. The van der Waals surface area contributed by atoms with E-state index in [0.29, 0.717) is 25.7 Å². The summed E-state index contributed by atoms with van der Waals surface area (Å²) in [6.45, 7) is 5.08. The first-order valence-corrected chi connectivity index (χ1v) is 7.42. The third kappa shape index (κ3) is 2.56. The molecule has 0 bridgehead atoms. The fourth-order valence-corrected chi connectivity index (χ4v) is 3.39. The van der Waals surface area contributed by atoms with Crippen LogP contribution in [0.2, 0.25) is 0 Å². The van der Waals surface area contributed by atoms with Gasteiger partial charge in [-0.2, -0.15) is 9.40 Å². The van der Waals surface area contributed by atoms with Crippen molar-refractivity contribution < 1.29 is 8.42 Å². The summed E-state index contributed by atoms with van der Waals surface area (Å²) < 4.78 is 25.9. The Balaban J connectivity index is 2.02. The van der Waals surface area contributed by atoms with Crippen LogP contribution in [0.5, 0.6) is 0 Å². The van der Waals surface area contributed by atoms with Crippen LogP contribution in [-0.4, -0.2) is 66.6 Å². The van der Waals surface area contributed by atoms with E-state index in [2.05, 4.69) is 22.0 Å². The van der Waals surface area contributed by atoms with Crippen molar-refractivity contribution in [1.29, 1.82) is 0 Å². The summed E-state index contributed by atoms with van der Waals surface area (Å²) in [5.41, 5.74) is 5.61. The lowest BCUT2D eigenvalue weighted by Gasteiger charge is -2.36. The Labute approximate surface area is 107 Å². The Morgan fingerprint density at radius 1 is 1.44 bits per heavy atom. The van der Waals surface area contributed by atoms with Gasteiger partial charge in [0, 0.05) is 45.0 Å². The lowest BCUT2D eigenvalue weighted by atomic mass is 10.2. The quantitative estimate of drug-likeness (QED) is 0.738. The Kier molecular flexibility index (Phi) is 4.00. The summed E-state index contributed by atoms with van der Waals surface area (Å²) >= 11 is 0. The van der Waals surface area contributed by atoms with Crippen molar-refractivity contribution >= 4 is 10.0 Å². The summed E-state index contributed by atoms with van der Waals surface area (Å²) in [6.07, 6.45) is 2.74. The van der Waals surface area contributed by atoms with Gasteiger partial charge in [0.05, 0.1) is 6.20 Å². The zero-order valence-electron chi connectivity index (χ0n) is 10.4. The van der Waals surface area contributed by atoms with E-state index in [9.17, 15) is 8.42 Å². The molecule has 2 heterocycles. The molecule has 8 heteroatoms. The van der Waals surface area contributed by atoms with Crippen molar-refractivity contribution in [3.8, 4) is 0 Å². The zero-order valence-corrected chi connectivity index (χ0v) is 11.2. The number of sulfonamides is 1. The normalized spacial score (nSPS) is 21.0. The molecule has 0 amide bonds. The summed E-state index contributed by atoms with van der Waals surface area (Å²) in [7, 11) is -3.39. The van der Waals surface area contributed by atoms with Gasteiger partial charge in [-0.25, -0.2) is 8.42 Å². The molecule has 1 atom stereocenters. The first-order valence-electron chi connectivity index (χ1n) is 5.98. The average Bonchev–Trinajstić information content (AvgIpc) is 2.92. The van der Waals surface area contributed by atoms with E-state index in [1.54, 1.807) is 0 Å². The van der Waals surface area contributed by atoms with Gasteiger partial charge in [-0.1, -0.05) is 0 Å². The number of nitrogens with two attached hydrogens (primary N) is 1. The first kappa shape index (κ1) is 13.5. The smallest absolute Gasteiger partial charge is 0.246 e. The predicted molar refractivity (Wildman–Crippen MR) is 67.4 cm³/mol. The van der Waals surface area contributed by atoms with Gasteiger partial charge >= 0.3 is 0 Å². The fourth-order valence-electron chi connectivity index (χ4n) is 2.06. The second kappa shape index (κ2) is 5.35. The number of nitrogens with zero attached hydrogens (tertiary/aromatic N) is 3. The number of rotatable bonds is 4. The van der Waals surface area contributed by atoms with Crippen LogP contribution in [0.25, 0.3) is 0 Å². The van der Waals surface area contributed by atoms with Crippen molar-refractivity contribution in [3.63, 3.8) is 0 Å². The highest BCUT2D eigenvalue weighted by Crippen LogP contribution is 2.16. The second-order valence-electron chi connectivity index (χ2n) is 4.46. The minimum absolute atomic E-state index is 0.225. The van der Waals surface area contributed by atoms with Gasteiger partial charge in [0.2, 0.25) is 10.0 Å². The molecule has 1 aliphatic rings. The molecule has 1 aliphatic heterocycles. The molecule has 1 fully saturated rings. The topological polar surface area (TPSA) is 95.3 Å². The fraction of sp³-hybridized carbons (Fsp3) is 0.700. The number of hydrogen-bond donors (Lipinski definition) is 2. The number of aromatic amines is 1. The van der Waals surface area contributed by atoms with E-state index < -0.39 is 10.0 Å². The van der Waals surface area contributed by atoms with Crippen molar-refractivity contribution in [2.24, 2.45) is 5.73 Å². The zero-order chi connectivity index (χ0) is 13.2. The molecule has 2 rings (SSSR count). The molecular weight excluding hydrogens is 254 g/mol. The van der Waals surface area contributed by atoms with Crippen molar-refractivity contribution in [2.75, 3.05) is 32.7 Å². The Morgan fingerprint density at radius 2 is 2.11 bits per heavy atom. The van der Waals surface area contributed by atoms with Crippen LogP contribution in [0.1, 0.15) is 6.92 Å². The number of aromatic nitrogens is 2. The largest absolute Gasteiger partial charge is 0.329 e. The average molecular weight is 273 g/mol. The monoisotopic (exact) mass is 273 g/mol. The van der Waals surface area contributed by atoms with Crippen molar-refractivity contribution in [1.82, 2.24) is 19.4 Å². The lowest BCUT2D eigenvalue weighted by molar-refractivity contribution is 0.149.